The van der Waals surface area contributed by atoms with Crippen molar-refractivity contribution in [2.45, 2.75) is 71.1 Å². The third kappa shape index (κ3) is 7.51. The maximum absolute atomic E-state index is 12.4. The SMILES string of the molecule is CC(NC(=O)OC(C)(C)C)C1CCCCN1CCC(=O)Nc1ccc(C#N)c(Cl)c1. The van der Waals surface area contributed by atoms with Gasteiger partial charge in [0.15, 0.2) is 0 Å². The van der Waals surface area contributed by atoms with Gasteiger partial charge in [0, 0.05) is 30.7 Å². The van der Waals surface area contributed by atoms with Crippen molar-refractivity contribution in [2.75, 3.05) is 18.4 Å². The summed E-state index contributed by atoms with van der Waals surface area (Å²) in [6, 6.07) is 6.90. The summed E-state index contributed by atoms with van der Waals surface area (Å²) in [4.78, 5) is 26.8. The first-order chi connectivity index (χ1) is 14.1. The van der Waals surface area contributed by atoms with Gasteiger partial charge in [-0.25, -0.2) is 4.79 Å². The van der Waals surface area contributed by atoms with Gasteiger partial charge in [-0.15, -0.1) is 0 Å². The summed E-state index contributed by atoms with van der Waals surface area (Å²) in [6.45, 7) is 8.98. The highest BCUT2D eigenvalue weighted by molar-refractivity contribution is 6.32. The van der Waals surface area contributed by atoms with Crippen molar-refractivity contribution < 1.29 is 14.3 Å². The molecule has 8 heteroatoms. The highest BCUT2D eigenvalue weighted by atomic mass is 35.5. The number of amides is 2. The van der Waals surface area contributed by atoms with Gasteiger partial charge in [0.2, 0.25) is 5.91 Å². The number of carbonyl (C=O) groups is 2. The van der Waals surface area contributed by atoms with Gasteiger partial charge in [0.1, 0.15) is 11.7 Å². The predicted molar refractivity (Wildman–Crippen MR) is 117 cm³/mol. The third-order valence-electron chi connectivity index (χ3n) is 4.99. The van der Waals surface area contributed by atoms with E-state index in [2.05, 4.69) is 15.5 Å². The van der Waals surface area contributed by atoms with Gasteiger partial charge < -0.3 is 15.4 Å². The van der Waals surface area contributed by atoms with Crippen LogP contribution in [0, 0.1) is 11.3 Å². The van der Waals surface area contributed by atoms with Gasteiger partial charge in [-0.2, -0.15) is 5.26 Å². The third-order valence-corrected chi connectivity index (χ3v) is 5.30. The minimum Gasteiger partial charge on any atom is -0.444 e. The molecule has 1 aromatic rings. The number of nitriles is 1. The Kier molecular flexibility index (Phi) is 8.51. The molecule has 0 aliphatic carbocycles. The number of likely N-dealkylation sites (tertiary alicyclic amines) is 1. The van der Waals surface area contributed by atoms with Gasteiger partial charge in [-0.1, -0.05) is 18.0 Å². The molecule has 2 N–H and O–H groups in total. The van der Waals surface area contributed by atoms with Crippen LogP contribution in [0.25, 0.3) is 0 Å². The molecule has 1 aliphatic heterocycles. The molecule has 2 unspecified atom stereocenters. The average molecular weight is 435 g/mol. The number of hydrogen-bond acceptors (Lipinski definition) is 5. The quantitative estimate of drug-likeness (QED) is 0.695. The number of ether oxygens (including phenoxy) is 1. The summed E-state index contributed by atoms with van der Waals surface area (Å²) in [7, 11) is 0. The zero-order valence-electron chi connectivity index (χ0n) is 18.1. The van der Waals surface area contributed by atoms with Crippen LogP contribution in [0.1, 0.15) is 58.9 Å². The Bertz CT molecular complexity index is 801. The fourth-order valence-corrected chi connectivity index (χ4v) is 3.83. The van der Waals surface area contributed by atoms with Crippen molar-refractivity contribution >= 4 is 29.3 Å². The van der Waals surface area contributed by atoms with Gasteiger partial charge in [-0.3, -0.25) is 9.69 Å². The zero-order valence-corrected chi connectivity index (χ0v) is 18.9. The molecule has 7 nitrogen and oxygen atoms in total. The number of nitrogens with one attached hydrogen (secondary N) is 2. The van der Waals surface area contributed by atoms with Crippen molar-refractivity contribution in [3.05, 3.63) is 28.8 Å². The molecule has 1 aromatic carbocycles. The lowest BCUT2D eigenvalue weighted by Gasteiger charge is -2.39. The summed E-state index contributed by atoms with van der Waals surface area (Å²) in [5, 5.41) is 15.0. The standard InChI is InChI=1S/C22H31ClN4O3/c1-15(25-21(29)30-22(2,3)4)19-7-5-6-11-27(19)12-10-20(28)26-17-9-8-16(14-24)18(23)13-17/h8-9,13,15,19H,5-7,10-12H2,1-4H3,(H,25,29)(H,26,28). The molecule has 0 radical (unpaired) electrons. The fraction of sp³-hybridized carbons (Fsp3) is 0.591. The van der Waals surface area contributed by atoms with Crippen LogP contribution in [-0.2, 0) is 9.53 Å². The van der Waals surface area contributed by atoms with Crippen LogP contribution in [-0.4, -0.2) is 47.7 Å². The number of alkyl carbamates (subject to hydrolysis) is 1. The van der Waals surface area contributed by atoms with Gasteiger partial charge in [0.05, 0.1) is 10.6 Å². The Labute approximate surface area is 183 Å². The maximum Gasteiger partial charge on any atom is 0.407 e. The molecule has 0 aromatic heterocycles. The van der Waals surface area contributed by atoms with E-state index in [4.69, 9.17) is 21.6 Å². The molecule has 0 spiro atoms. The van der Waals surface area contributed by atoms with Crippen LogP contribution in [0.2, 0.25) is 5.02 Å². The van der Waals surface area contributed by atoms with Crippen LogP contribution >= 0.6 is 11.6 Å². The molecule has 2 atom stereocenters. The number of nitrogens with zero attached hydrogens (tertiary/aromatic N) is 2. The van der Waals surface area contributed by atoms with E-state index in [0.29, 0.717) is 29.2 Å². The number of hydrogen-bond donors (Lipinski definition) is 2. The fourth-order valence-electron chi connectivity index (χ4n) is 3.60. The summed E-state index contributed by atoms with van der Waals surface area (Å²) >= 11 is 6.02. The number of carbonyl (C=O) groups excluding carboxylic acids is 2. The monoisotopic (exact) mass is 434 g/mol. The van der Waals surface area contributed by atoms with Crippen molar-refractivity contribution in [2.24, 2.45) is 0 Å². The highest BCUT2D eigenvalue weighted by Gasteiger charge is 2.29. The molecular formula is C22H31ClN4O3. The van der Waals surface area contributed by atoms with E-state index >= 15 is 0 Å². The largest absolute Gasteiger partial charge is 0.444 e. The Morgan fingerprint density at radius 1 is 1.37 bits per heavy atom. The number of anilines is 1. The first kappa shape index (κ1) is 24.0. The number of halogens is 1. The molecular weight excluding hydrogens is 404 g/mol. The zero-order chi connectivity index (χ0) is 22.3. The normalized spacial score (nSPS) is 18.2. The molecule has 1 saturated heterocycles. The van der Waals surface area contributed by atoms with E-state index in [1.807, 2.05) is 33.8 Å². The summed E-state index contributed by atoms with van der Waals surface area (Å²) in [6.07, 6.45) is 3.03. The average Bonchev–Trinajstić information content (AvgIpc) is 2.65. The number of benzene rings is 1. The van der Waals surface area contributed by atoms with Crippen molar-refractivity contribution in [3.8, 4) is 6.07 Å². The van der Waals surface area contributed by atoms with Gasteiger partial charge in [0.25, 0.3) is 0 Å². The highest BCUT2D eigenvalue weighted by Crippen LogP contribution is 2.22. The summed E-state index contributed by atoms with van der Waals surface area (Å²) < 4.78 is 5.36. The molecule has 2 rings (SSSR count). The Hall–Kier alpha value is -2.30. The second-order valence-electron chi connectivity index (χ2n) is 8.64. The van der Waals surface area contributed by atoms with E-state index in [0.717, 1.165) is 25.8 Å². The number of rotatable bonds is 6. The molecule has 30 heavy (non-hydrogen) atoms. The maximum atomic E-state index is 12.4. The van der Waals surface area contributed by atoms with Crippen molar-refractivity contribution in [1.29, 1.82) is 5.26 Å². The summed E-state index contributed by atoms with van der Waals surface area (Å²) in [5.74, 6) is -0.118. The lowest BCUT2D eigenvalue weighted by molar-refractivity contribution is -0.116. The molecule has 0 bridgehead atoms. The molecule has 0 saturated carbocycles. The molecule has 1 fully saturated rings. The number of piperidine rings is 1. The minimum absolute atomic E-state index is 0.0828. The lowest BCUT2D eigenvalue weighted by Crippen LogP contribution is -2.53. The van der Waals surface area contributed by atoms with Crippen molar-refractivity contribution in [1.82, 2.24) is 10.2 Å². The molecule has 2 amide bonds. The van der Waals surface area contributed by atoms with E-state index in [1.165, 1.54) is 0 Å². The lowest BCUT2D eigenvalue weighted by atomic mass is 9.96. The first-order valence-electron chi connectivity index (χ1n) is 10.3. The smallest absolute Gasteiger partial charge is 0.407 e. The van der Waals surface area contributed by atoms with E-state index < -0.39 is 11.7 Å². The van der Waals surface area contributed by atoms with Crippen LogP contribution in [0.4, 0.5) is 10.5 Å². The Morgan fingerprint density at radius 2 is 2.10 bits per heavy atom. The molecule has 1 aliphatic rings. The Morgan fingerprint density at radius 3 is 2.73 bits per heavy atom. The van der Waals surface area contributed by atoms with Gasteiger partial charge >= 0.3 is 6.09 Å². The molecule has 164 valence electrons. The predicted octanol–water partition coefficient (Wildman–Crippen LogP) is 4.31. The van der Waals surface area contributed by atoms with Crippen molar-refractivity contribution in [3.63, 3.8) is 0 Å². The van der Waals surface area contributed by atoms with Gasteiger partial charge in [-0.05, 0) is 65.3 Å². The Balaban J connectivity index is 1.89. The first-order valence-corrected chi connectivity index (χ1v) is 10.7. The summed E-state index contributed by atoms with van der Waals surface area (Å²) in [5.41, 5.74) is 0.402. The second-order valence-corrected chi connectivity index (χ2v) is 9.05. The molecule has 1 heterocycles. The van der Waals surface area contributed by atoms with E-state index in [1.54, 1.807) is 18.2 Å². The van der Waals surface area contributed by atoms with Crippen LogP contribution in [0.5, 0.6) is 0 Å². The van der Waals surface area contributed by atoms with Crippen LogP contribution in [0.3, 0.4) is 0 Å². The second kappa shape index (κ2) is 10.6. The topological polar surface area (TPSA) is 94.5 Å². The van der Waals surface area contributed by atoms with Crippen LogP contribution in [0.15, 0.2) is 18.2 Å². The van der Waals surface area contributed by atoms with Crippen LogP contribution < -0.4 is 10.6 Å². The minimum atomic E-state index is -0.539. The van der Waals surface area contributed by atoms with E-state index in [9.17, 15) is 9.59 Å². The van der Waals surface area contributed by atoms with E-state index in [-0.39, 0.29) is 18.0 Å².